The summed E-state index contributed by atoms with van der Waals surface area (Å²) in [5.41, 5.74) is 3.29. The molecule has 1 N–H and O–H groups in total. The van der Waals surface area contributed by atoms with Crippen LogP contribution in [0.4, 0.5) is 0 Å². The van der Waals surface area contributed by atoms with Crippen LogP contribution >= 0.6 is 11.6 Å². The molecule has 0 spiro atoms. The number of hydrogen-bond donors (Lipinski definition) is 1. The van der Waals surface area contributed by atoms with E-state index in [1.165, 1.54) is 0 Å². The number of benzene rings is 2. The van der Waals surface area contributed by atoms with Crippen molar-refractivity contribution >= 4 is 17.5 Å². The Bertz CT molecular complexity index is 879. The zero-order valence-corrected chi connectivity index (χ0v) is 14.5. The minimum absolute atomic E-state index is 0.174. The molecule has 126 valence electrons. The molecule has 0 atom stereocenters. The van der Waals surface area contributed by atoms with Gasteiger partial charge in [0.25, 0.3) is 5.91 Å². The van der Waals surface area contributed by atoms with E-state index in [0.29, 0.717) is 17.1 Å². The van der Waals surface area contributed by atoms with Crippen LogP contribution in [0.2, 0.25) is 5.02 Å². The molecular weight excluding hydrogens is 336 g/mol. The van der Waals surface area contributed by atoms with Crippen LogP contribution in [0.5, 0.6) is 5.75 Å². The molecule has 1 aromatic heterocycles. The van der Waals surface area contributed by atoms with Gasteiger partial charge in [-0.1, -0.05) is 35.9 Å². The highest BCUT2D eigenvalue weighted by Gasteiger charge is 2.08. The summed E-state index contributed by atoms with van der Waals surface area (Å²) in [6.07, 6.45) is 3.28. The minimum Gasteiger partial charge on any atom is -0.497 e. The number of carbonyl (C=O) groups excluding carboxylic acids is 1. The molecule has 0 aliphatic carbocycles. The van der Waals surface area contributed by atoms with Gasteiger partial charge in [-0.2, -0.15) is 0 Å². The Kier molecular flexibility index (Phi) is 5.31. The monoisotopic (exact) mass is 352 g/mol. The van der Waals surface area contributed by atoms with E-state index in [2.05, 4.69) is 10.3 Å². The maximum Gasteiger partial charge on any atom is 0.253 e. The molecule has 0 saturated heterocycles. The summed E-state index contributed by atoms with van der Waals surface area (Å²) in [6, 6.07) is 16.8. The molecule has 25 heavy (non-hydrogen) atoms. The smallest absolute Gasteiger partial charge is 0.253 e. The largest absolute Gasteiger partial charge is 0.497 e. The first-order valence-electron chi connectivity index (χ1n) is 7.78. The fourth-order valence-corrected chi connectivity index (χ4v) is 2.54. The first kappa shape index (κ1) is 17.0. The second-order valence-electron chi connectivity index (χ2n) is 5.50. The average Bonchev–Trinajstić information content (AvgIpc) is 2.67. The molecule has 0 aliphatic rings. The van der Waals surface area contributed by atoms with E-state index in [4.69, 9.17) is 16.3 Å². The van der Waals surface area contributed by atoms with Crippen molar-refractivity contribution in [1.29, 1.82) is 0 Å². The normalized spacial score (nSPS) is 10.3. The number of methoxy groups -OCH3 is 1. The van der Waals surface area contributed by atoms with Gasteiger partial charge in [0.05, 0.1) is 12.7 Å². The lowest BCUT2D eigenvalue weighted by molar-refractivity contribution is 0.0950. The van der Waals surface area contributed by atoms with Gasteiger partial charge in [0.15, 0.2) is 0 Å². The SMILES string of the molecule is COc1cccc(-c2cncc(C(=O)NCc3ccc(Cl)cc3)c2)c1. The number of pyridine rings is 1. The Labute approximate surface area is 151 Å². The third-order valence-electron chi connectivity index (χ3n) is 3.77. The summed E-state index contributed by atoms with van der Waals surface area (Å²) in [7, 11) is 1.62. The Morgan fingerprint density at radius 3 is 2.64 bits per heavy atom. The molecule has 3 aromatic rings. The molecule has 4 nitrogen and oxygen atoms in total. The highest BCUT2D eigenvalue weighted by atomic mass is 35.5. The number of rotatable bonds is 5. The van der Waals surface area contributed by atoms with Gasteiger partial charge in [0, 0.05) is 29.5 Å². The molecule has 1 heterocycles. The summed E-state index contributed by atoms with van der Waals surface area (Å²) in [5.74, 6) is 0.585. The number of amides is 1. The molecule has 0 radical (unpaired) electrons. The van der Waals surface area contributed by atoms with Gasteiger partial charge in [-0.15, -0.1) is 0 Å². The third-order valence-corrected chi connectivity index (χ3v) is 4.02. The summed E-state index contributed by atoms with van der Waals surface area (Å²) in [4.78, 5) is 16.6. The number of nitrogens with zero attached hydrogens (tertiary/aromatic N) is 1. The molecular formula is C20H17ClN2O2. The van der Waals surface area contributed by atoms with E-state index in [9.17, 15) is 4.79 Å². The summed E-state index contributed by atoms with van der Waals surface area (Å²) in [5, 5.41) is 3.56. The summed E-state index contributed by atoms with van der Waals surface area (Å²) in [6.45, 7) is 0.430. The highest BCUT2D eigenvalue weighted by molar-refractivity contribution is 6.30. The van der Waals surface area contributed by atoms with Crippen LogP contribution in [0.3, 0.4) is 0 Å². The zero-order chi connectivity index (χ0) is 17.6. The van der Waals surface area contributed by atoms with Crippen molar-refractivity contribution in [3.8, 4) is 16.9 Å². The molecule has 2 aromatic carbocycles. The van der Waals surface area contributed by atoms with E-state index >= 15 is 0 Å². The molecule has 0 fully saturated rings. The van der Waals surface area contributed by atoms with Gasteiger partial charge < -0.3 is 10.1 Å². The van der Waals surface area contributed by atoms with Crippen LogP contribution < -0.4 is 10.1 Å². The van der Waals surface area contributed by atoms with Crippen molar-refractivity contribution in [1.82, 2.24) is 10.3 Å². The topological polar surface area (TPSA) is 51.2 Å². The van der Waals surface area contributed by atoms with Gasteiger partial charge in [-0.25, -0.2) is 0 Å². The van der Waals surface area contributed by atoms with Crippen molar-refractivity contribution < 1.29 is 9.53 Å². The average molecular weight is 353 g/mol. The quantitative estimate of drug-likeness (QED) is 0.743. The fourth-order valence-electron chi connectivity index (χ4n) is 2.41. The molecule has 0 saturated carbocycles. The first-order chi connectivity index (χ1) is 12.2. The number of nitrogens with one attached hydrogen (secondary N) is 1. The van der Waals surface area contributed by atoms with Gasteiger partial charge in [-0.3, -0.25) is 9.78 Å². The Morgan fingerprint density at radius 1 is 1.08 bits per heavy atom. The van der Waals surface area contributed by atoms with Crippen molar-refractivity contribution in [2.75, 3.05) is 7.11 Å². The standard InChI is InChI=1S/C20H17ClN2O2/c1-25-19-4-2-3-15(10-19)16-9-17(13-22-12-16)20(24)23-11-14-5-7-18(21)8-6-14/h2-10,12-13H,11H2,1H3,(H,23,24). The minimum atomic E-state index is -0.174. The summed E-state index contributed by atoms with van der Waals surface area (Å²) >= 11 is 5.86. The van der Waals surface area contributed by atoms with E-state index in [0.717, 1.165) is 22.4 Å². The number of ether oxygens (including phenoxy) is 1. The third kappa shape index (κ3) is 4.37. The zero-order valence-electron chi connectivity index (χ0n) is 13.7. The maximum atomic E-state index is 12.4. The lowest BCUT2D eigenvalue weighted by atomic mass is 10.1. The van der Waals surface area contributed by atoms with Crippen LogP contribution in [-0.4, -0.2) is 18.0 Å². The Hall–Kier alpha value is -2.85. The van der Waals surface area contributed by atoms with E-state index in [-0.39, 0.29) is 5.91 Å². The van der Waals surface area contributed by atoms with Crippen LogP contribution in [0, 0.1) is 0 Å². The van der Waals surface area contributed by atoms with Crippen LogP contribution in [0.15, 0.2) is 67.0 Å². The highest BCUT2D eigenvalue weighted by Crippen LogP contribution is 2.23. The van der Waals surface area contributed by atoms with Crippen molar-refractivity contribution in [2.24, 2.45) is 0 Å². The van der Waals surface area contributed by atoms with Crippen LogP contribution in [0.1, 0.15) is 15.9 Å². The Morgan fingerprint density at radius 2 is 1.88 bits per heavy atom. The fraction of sp³-hybridized carbons (Fsp3) is 0.100. The second-order valence-corrected chi connectivity index (χ2v) is 5.94. The lowest BCUT2D eigenvalue weighted by Crippen LogP contribution is -2.22. The number of hydrogen-bond acceptors (Lipinski definition) is 3. The van der Waals surface area contributed by atoms with Crippen molar-refractivity contribution in [3.63, 3.8) is 0 Å². The predicted molar refractivity (Wildman–Crippen MR) is 98.8 cm³/mol. The first-order valence-corrected chi connectivity index (χ1v) is 8.15. The van der Waals surface area contributed by atoms with Crippen LogP contribution in [-0.2, 0) is 6.54 Å². The van der Waals surface area contributed by atoms with Crippen molar-refractivity contribution in [3.05, 3.63) is 83.1 Å². The molecule has 1 amide bonds. The predicted octanol–water partition coefficient (Wildman–Crippen LogP) is 4.34. The van der Waals surface area contributed by atoms with E-state index < -0.39 is 0 Å². The van der Waals surface area contributed by atoms with E-state index in [1.807, 2.05) is 42.5 Å². The lowest BCUT2D eigenvalue weighted by Gasteiger charge is -2.08. The molecule has 0 bridgehead atoms. The number of halogens is 1. The summed E-state index contributed by atoms with van der Waals surface area (Å²) < 4.78 is 5.24. The second kappa shape index (κ2) is 7.81. The molecule has 0 aliphatic heterocycles. The van der Waals surface area contributed by atoms with Gasteiger partial charge in [0.1, 0.15) is 5.75 Å². The number of carbonyl (C=O) groups is 1. The van der Waals surface area contributed by atoms with Crippen LogP contribution in [0.25, 0.3) is 11.1 Å². The molecule has 3 rings (SSSR count). The molecule has 5 heteroatoms. The molecule has 0 unspecified atom stereocenters. The van der Waals surface area contributed by atoms with Gasteiger partial charge in [-0.05, 0) is 41.5 Å². The van der Waals surface area contributed by atoms with Crippen molar-refractivity contribution in [2.45, 2.75) is 6.54 Å². The van der Waals surface area contributed by atoms with Gasteiger partial charge in [0.2, 0.25) is 0 Å². The maximum absolute atomic E-state index is 12.4. The van der Waals surface area contributed by atoms with Gasteiger partial charge >= 0.3 is 0 Å². The Balaban J connectivity index is 1.74. The van der Waals surface area contributed by atoms with E-state index in [1.54, 1.807) is 31.6 Å². The number of aromatic nitrogens is 1.